The van der Waals surface area contributed by atoms with Gasteiger partial charge in [0, 0.05) is 22.8 Å². The van der Waals surface area contributed by atoms with E-state index >= 15 is 0 Å². The van der Waals surface area contributed by atoms with Gasteiger partial charge in [-0.05, 0) is 41.3 Å². The molecule has 1 aromatic heterocycles. The Labute approximate surface area is 120 Å². The Bertz CT molecular complexity index is 619. The monoisotopic (exact) mass is 346 g/mol. The minimum atomic E-state index is -2.96. The van der Waals surface area contributed by atoms with Crippen molar-refractivity contribution in [2.45, 2.75) is 31.3 Å². The summed E-state index contributed by atoms with van der Waals surface area (Å²) in [5.74, 6) is 0.0506. The number of amides is 1. The smallest absolute Gasteiger partial charge is 0.268 e. The third-order valence-corrected chi connectivity index (χ3v) is 5.76. The standard InChI is InChI=1S/C12H15BrN2O3S/c13-8-5-11(15(6-8)10-1-2-10)12(16)14-9-3-4-19(17,18)7-9/h5-6,9-10H,1-4,7H2,(H,14,16). The molecule has 1 amide bonds. The molecule has 1 saturated carbocycles. The van der Waals surface area contributed by atoms with Gasteiger partial charge in [0.05, 0.1) is 11.5 Å². The average molecular weight is 347 g/mol. The normalized spacial score (nSPS) is 25.4. The van der Waals surface area contributed by atoms with E-state index in [1.54, 1.807) is 6.07 Å². The zero-order valence-corrected chi connectivity index (χ0v) is 12.7. The molecule has 0 bridgehead atoms. The van der Waals surface area contributed by atoms with Gasteiger partial charge in [0.2, 0.25) is 0 Å². The molecule has 2 heterocycles. The van der Waals surface area contributed by atoms with E-state index in [0.717, 1.165) is 17.3 Å². The maximum Gasteiger partial charge on any atom is 0.268 e. The highest BCUT2D eigenvalue weighted by Crippen LogP contribution is 2.37. The SMILES string of the molecule is O=C(NC1CCS(=O)(=O)C1)c1cc(Br)cn1C1CC1. The summed E-state index contributed by atoms with van der Waals surface area (Å²) in [5.41, 5.74) is 0.610. The number of nitrogens with one attached hydrogen (secondary N) is 1. The summed E-state index contributed by atoms with van der Waals surface area (Å²) in [5, 5.41) is 2.83. The summed E-state index contributed by atoms with van der Waals surface area (Å²) in [6, 6.07) is 1.95. The molecular weight excluding hydrogens is 332 g/mol. The second-order valence-corrected chi connectivity index (χ2v) is 8.40. The number of rotatable bonds is 3. The minimum Gasteiger partial charge on any atom is -0.347 e. The van der Waals surface area contributed by atoms with Gasteiger partial charge in [0.1, 0.15) is 5.69 Å². The summed E-state index contributed by atoms with van der Waals surface area (Å²) >= 11 is 3.38. The van der Waals surface area contributed by atoms with Crippen molar-refractivity contribution in [2.24, 2.45) is 0 Å². The van der Waals surface area contributed by atoms with Crippen molar-refractivity contribution >= 4 is 31.7 Å². The highest BCUT2D eigenvalue weighted by molar-refractivity contribution is 9.10. The van der Waals surface area contributed by atoms with Crippen molar-refractivity contribution in [3.05, 3.63) is 22.4 Å². The lowest BCUT2D eigenvalue weighted by atomic mass is 10.2. The van der Waals surface area contributed by atoms with E-state index < -0.39 is 9.84 Å². The van der Waals surface area contributed by atoms with E-state index in [-0.39, 0.29) is 23.5 Å². The van der Waals surface area contributed by atoms with Gasteiger partial charge in [-0.15, -0.1) is 0 Å². The molecule has 1 unspecified atom stereocenters. The molecule has 0 radical (unpaired) electrons. The maximum absolute atomic E-state index is 12.2. The Hall–Kier alpha value is -0.820. The van der Waals surface area contributed by atoms with Crippen molar-refractivity contribution < 1.29 is 13.2 Å². The number of halogens is 1. The predicted molar refractivity (Wildman–Crippen MR) is 74.9 cm³/mol. The Morgan fingerprint density at radius 2 is 2.11 bits per heavy atom. The van der Waals surface area contributed by atoms with Crippen LogP contribution in [-0.4, -0.2) is 36.4 Å². The summed E-state index contributed by atoms with van der Waals surface area (Å²) in [7, 11) is -2.96. The van der Waals surface area contributed by atoms with Crippen molar-refractivity contribution in [2.75, 3.05) is 11.5 Å². The Kier molecular flexibility index (Phi) is 3.21. The van der Waals surface area contributed by atoms with Crippen molar-refractivity contribution in [3.8, 4) is 0 Å². The van der Waals surface area contributed by atoms with Gasteiger partial charge in [-0.1, -0.05) is 0 Å². The van der Waals surface area contributed by atoms with Gasteiger partial charge in [-0.2, -0.15) is 0 Å². The Morgan fingerprint density at radius 3 is 2.68 bits per heavy atom. The molecule has 0 spiro atoms. The zero-order valence-electron chi connectivity index (χ0n) is 10.3. The first kappa shape index (κ1) is 13.2. The fourth-order valence-electron chi connectivity index (χ4n) is 2.45. The fraction of sp³-hybridized carbons (Fsp3) is 0.583. The third kappa shape index (κ3) is 2.86. The number of carbonyl (C=O) groups is 1. The minimum absolute atomic E-state index is 0.0596. The number of nitrogens with zero attached hydrogens (tertiary/aromatic N) is 1. The maximum atomic E-state index is 12.2. The second-order valence-electron chi connectivity index (χ2n) is 5.26. The molecule has 0 aromatic carbocycles. The molecule has 3 rings (SSSR count). The molecule has 1 N–H and O–H groups in total. The van der Waals surface area contributed by atoms with Crippen LogP contribution < -0.4 is 5.32 Å². The lowest BCUT2D eigenvalue weighted by Gasteiger charge is -2.12. The first-order chi connectivity index (χ1) is 8.94. The van der Waals surface area contributed by atoms with Crippen LogP contribution >= 0.6 is 15.9 Å². The second kappa shape index (κ2) is 4.63. The van der Waals surface area contributed by atoms with Crippen LogP contribution in [0.2, 0.25) is 0 Å². The van der Waals surface area contributed by atoms with Crippen LogP contribution in [0.25, 0.3) is 0 Å². The van der Waals surface area contributed by atoms with Gasteiger partial charge in [-0.25, -0.2) is 8.42 Å². The number of hydrogen-bond donors (Lipinski definition) is 1. The predicted octanol–water partition coefficient (Wildman–Crippen LogP) is 1.50. The molecule has 1 aliphatic carbocycles. The number of sulfone groups is 1. The van der Waals surface area contributed by atoms with E-state index in [0.29, 0.717) is 18.2 Å². The molecule has 1 aromatic rings. The molecule has 2 fully saturated rings. The lowest BCUT2D eigenvalue weighted by Crippen LogP contribution is -2.36. The fourth-order valence-corrected chi connectivity index (χ4v) is 4.56. The molecule has 1 saturated heterocycles. The number of carbonyl (C=O) groups excluding carboxylic acids is 1. The van der Waals surface area contributed by atoms with E-state index in [2.05, 4.69) is 21.2 Å². The van der Waals surface area contributed by atoms with E-state index in [1.165, 1.54) is 0 Å². The topological polar surface area (TPSA) is 68.2 Å². The van der Waals surface area contributed by atoms with Gasteiger partial charge >= 0.3 is 0 Å². The summed E-state index contributed by atoms with van der Waals surface area (Å²) in [6.07, 6.45) is 4.62. The quantitative estimate of drug-likeness (QED) is 0.901. The van der Waals surface area contributed by atoms with Gasteiger partial charge < -0.3 is 9.88 Å². The molecular formula is C12H15BrN2O3S. The van der Waals surface area contributed by atoms with Crippen LogP contribution in [0.4, 0.5) is 0 Å². The Morgan fingerprint density at radius 1 is 1.37 bits per heavy atom. The van der Waals surface area contributed by atoms with Gasteiger partial charge in [-0.3, -0.25) is 4.79 Å². The van der Waals surface area contributed by atoms with Crippen LogP contribution in [0, 0.1) is 0 Å². The molecule has 7 heteroatoms. The molecule has 2 aliphatic rings. The number of aromatic nitrogens is 1. The molecule has 5 nitrogen and oxygen atoms in total. The summed E-state index contributed by atoms with van der Waals surface area (Å²) in [6.45, 7) is 0. The van der Waals surface area contributed by atoms with Crippen LogP contribution in [0.1, 0.15) is 35.8 Å². The van der Waals surface area contributed by atoms with Crippen molar-refractivity contribution in [1.82, 2.24) is 9.88 Å². The zero-order chi connectivity index (χ0) is 13.6. The van der Waals surface area contributed by atoms with E-state index in [1.807, 2.05) is 10.8 Å². The van der Waals surface area contributed by atoms with Crippen LogP contribution in [0.15, 0.2) is 16.7 Å². The van der Waals surface area contributed by atoms with Crippen LogP contribution in [0.5, 0.6) is 0 Å². The summed E-state index contributed by atoms with van der Waals surface area (Å²) in [4.78, 5) is 12.2. The molecule has 1 atom stereocenters. The van der Waals surface area contributed by atoms with Crippen LogP contribution in [-0.2, 0) is 9.84 Å². The number of hydrogen-bond acceptors (Lipinski definition) is 3. The lowest BCUT2D eigenvalue weighted by molar-refractivity contribution is 0.0931. The van der Waals surface area contributed by atoms with E-state index in [9.17, 15) is 13.2 Å². The van der Waals surface area contributed by atoms with Crippen LogP contribution in [0.3, 0.4) is 0 Å². The first-order valence-corrected chi connectivity index (χ1v) is 8.95. The van der Waals surface area contributed by atoms with Gasteiger partial charge in [0.15, 0.2) is 9.84 Å². The third-order valence-electron chi connectivity index (χ3n) is 3.56. The average Bonchev–Trinajstić information content (AvgIpc) is 3.01. The first-order valence-electron chi connectivity index (χ1n) is 6.33. The largest absolute Gasteiger partial charge is 0.347 e. The summed E-state index contributed by atoms with van der Waals surface area (Å²) < 4.78 is 25.6. The van der Waals surface area contributed by atoms with Crippen molar-refractivity contribution in [1.29, 1.82) is 0 Å². The molecule has 1 aliphatic heterocycles. The van der Waals surface area contributed by atoms with Gasteiger partial charge in [0.25, 0.3) is 5.91 Å². The van der Waals surface area contributed by atoms with Crippen molar-refractivity contribution in [3.63, 3.8) is 0 Å². The molecule has 19 heavy (non-hydrogen) atoms. The molecule has 104 valence electrons. The van der Waals surface area contributed by atoms with E-state index in [4.69, 9.17) is 0 Å². The highest BCUT2D eigenvalue weighted by Gasteiger charge is 2.32. The highest BCUT2D eigenvalue weighted by atomic mass is 79.9. The Balaban J connectivity index is 1.74.